The number of anilines is 1. The number of hydrogen-bond donors (Lipinski definition) is 0. The molecule has 0 amide bonds. The van der Waals surface area contributed by atoms with E-state index in [4.69, 9.17) is 4.74 Å². The molecule has 0 saturated heterocycles. The van der Waals surface area contributed by atoms with Crippen molar-refractivity contribution in [3.63, 3.8) is 0 Å². The van der Waals surface area contributed by atoms with Crippen LogP contribution in [0.1, 0.15) is 31.3 Å². The maximum absolute atomic E-state index is 12.0. The number of ether oxygens (including phenoxy) is 1. The molecule has 9 heteroatoms. The number of carbonyl (C=O) groups is 1. The second-order valence-electron chi connectivity index (χ2n) is 7.93. The quantitative estimate of drug-likeness (QED) is 0.577. The highest BCUT2D eigenvalue weighted by molar-refractivity contribution is 7.90. The van der Waals surface area contributed by atoms with Crippen LogP contribution in [0.5, 0.6) is 5.75 Å². The Morgan fingerprint density at radius 3 is 2.63 bits per heavy atom. The maximum atomic E-state index is 12.0. The van der Waals surface area contributed by atoms with Crippen molar-refractivity contribution in [1.82, 2.24) is 14.5 Å². The average molecular weight is 429 g/mol. The highest BCUT2D eigenvalue weighted by Crippen LogP contribution is 2.38. The number of nitrogens with zero attached hydrogens (tertiary/aromatic N) is 4. The van der Waals surface area contributed by atoms with Gasteiger partial charge >= 0.3 is 0 Å². The molecule has 1 aliphatic heterocycles. The Labute approximate surface area is 175 Å². The van der Waals surface area contributed by atoms with Crippen molar-refractivity contribution in [3.05, 3.63) is 41.9 Å². The number of hydrogen-bond acceptors (Lipinski definition) is 7. The fourth-order valence-electron chi connectivity index (χ4n) is 4.16. The van der Waals surface area contributed by atoms with Crippen molar-refractivity contribution in [2.45, 2.75) is 38.3 Å². The number of benzene rings is 1. The monoisotopic (exact) mass is 428 g/mol. The Balaban J connectivity index is 1.81. The Kier molecular flexibility index (Phi) is 5.01. The molecule has 0 bridgehead atoms. The third-order valence-corrected chi connectivity index (χ3v) is 6.63. The molecule has 0 saturated carbocycles. The Bertz CT molecular complexity index is 1230. The van der Waals surface area contributed by atoms with E-state index in [9.17, 15) is 13.2 Å². The predicted molar refractivity (Wildman–Crippen MR) is 113 cm³/mol. The van der Waals surface area contributed by atoms with Crippen molar-refractivity contribution in [2.75, 3.05) is 17.7 Å². The van der Waals surface area contributed by atoms with Gasteiger partial charge in [0.1, 0.15) is 0 Å². The van der Waals surface area contributed by atoms with Crippen molar-refractivity contribution in [3.8, 4) is 5.75 Å². The van der Waals surface area contributed by atoms with E-state index in [0.29, 0.717) is 41.8 Å². The normalized spacial score (nSPS) is 16.7. The number of fused-ring (bicyclic) bond motifs is 3. The van der Waals surface area contributed by atoms with Crippen molar-refractivity contribution >= 4 is 33.2 Å². The first kappa shape index (κ1) is 20.3. The molecule has 0 N–H and O–H groups in total. The van der Waals surface area contributed by atoms with E-state index in [1.54, 1.807) is 19.1 Å². The lowest BCUT2D eigenvalue weighted by Crippen LogP contribution is -2.41. The summed E-state index contributed by atoms with van der Waals surface area (Å²) in [5.41, 5.74) is 2.62. The molecule has 1 atom stereocenters. The first-order chi connectivity index (χ1) is 14.2. The van der Waals surface area contributed by atoms with E-state index in [-0.39, 0.29) is 12.0 Å². The van der Waals surface area contributed by atoms with Crippen LogP contribution in [0.25, 0.3) is 10.9 Å². The van der Waals surface area contributed by atoms with Gasteiger partial charge in [0.15, 0.2) is 15.6 Å². The minimum absolute atomic E-state index is 0.0186. The van der Waals surface area contributed by atoms with Crippen LogP contribution in [-0.2, 0) is 21.2 Å². The lowest BCUT2D eigenvalue weighted by molar-refractivity contribution is -0.120. The van der Waals surface area contributed by atoms with Crippen LogP contribution in [-0.4, -0.2) is 42.2 Å². The number of rotatable bonds is 5. The van der Waals surface area contributed by atoms with Gasteiger partial charge in [0, 0.05) is 35.9 Å². The van der Waals surface area contributed by atoms with E-state index >= 15 is 0 Å². The van der Waals surface area contributed by atoms with Crippen LogP contribution in [0.2, 0.25) is 0 Å². The number of aryl methyl sites for hydroxylation is 1. The van der Waals surface area contributed by atoms with Crippen LogP contribution in [0.3, 0.4) is 0 Å². The van der Waals surface area contributed by atoms with Crippen LogP contribution in [0.4, 0.5) is 5.95 Å². The zero-order valence-corrected chi connectivity index (χ0v) is 18.2. The molecule has 1 unspecified atom stereocenters. The zero-order chi connectivity index (χ0) is 21.6. The molecular formula is C21H24N4O4S. The molecule has 3 heterocycles. The summed E-state index contributed by atoms with van der Waals surface area (Å²) in [7, 11) is -3.28. The second-order valence-corrected chi connectivity index (χ2v) is 9.95. The molecule has 30 heavy (non-hydrogen) atoms. The first-order valence-electron chi connectivity index (χ1n) is 9.74. The third kappa shape index (κ3) is 3.43. The van der Waals surface area contributed by atoms with E-state index in [1.807, 2.05) is 6.07 Å². The topological polar surface area (TPSA) is 94.4 Å². The van der Waals surface area contributed by atoms with Crippen LogP contribution in [0, 0.1) is 12.8 Å². The summed E-state index contributed by atoms with van der Waals surface area (Å²) in [6.07, 6.45) is 2.75. The minimum atomic E-state index is -3.28. The number of aromatic nitrogens is 3. The summed E-state index contributed by atoms with van der Waals surface area (Å²) >= 11 is 0. The predicted octanol–water partition coefficient (Wildman–Crippen LogP) is 2.90. The van der Waals surface area contributed by atoms with Gasteiger partial charge in [-0.15, -0.1) is 0 Å². The fourth-order valence-corrected chi connectivity index (χ4v) is 4.80. The molecular weight excluding hydrogens is 404 g/mol. The minimum Gasteiger partial charge on any atom is -0.425 e. The maximum Gasteiger partial charge on any atom is 0.298 e. The van der Waals surface area contributed by atoms with Gasteiger partial charge in [0.05, 0.1) is 22.8 Å². The first-order valence-corrected chi connectivity index (χ1v) is 11.6. The molecule has 3 aromatic rings. The molecule has 0 aliphatic carbocycles. The Morgan fingerprint density at radius 2 is 2.00 bits per heavy atom. The molecule has 0 spiro atoms. The smallest absolute Gasteiger partial charge is 0.298 e. The molecule has 8 nitrogen and oxygen atoms in total. The summed E-state index contributed by atoms with van der Waals surface area (Å²) in [4.78, 5) is 22.1. The SMILES string of the molecule is Cc1nc(N2CCn3c(cc4ccc(S(C)(=O)=O)cc43)C2C(C)C)ncc1OC=O. The standard InChI is InChI=1S/C21H24N4O4S/c1-13(2)20-18-9-15-5-6-16(30(4,27)28)10-17(15)24(18)7-8-25(20)21-22-11-19(29-12-26)14(3)23-21/h5-6,9-13,20H,7-8H2,1-4H3. The van der Waals surface area contributed by atoms with Gasteiger partial charge in [0.2, 0.25) is 5.95 Å². The van der Waals surface area contributed by atoms with Gasteiger partial charge in [0.25, 0.3) is 6.47 Å². The summed E-state index contributed by atoms with van der Waals surface area (Å²) in [5, 5.41) is 1.01. The summed E-state index contributed by atoms with van der Waals surface area (Å²) in [5.74, 6) is 1.18. The molecule has 0 radical (unpaired) electrons. The molecule has 158 valence electrons. The van der Waals surface area contributed by atoms with Gasteiger partial charge in [-0.3, -0.25) is 4.79 Å². The van der Waals surface area contributed by atoms with Crippen molar-refractivity contribution < 1.29 is 17.9 Å². The van der Waals surface area contributed by atoms with Crippen LogP contribution >= 0.6 is 0 Å². The molecule has 4 rings (SSSR count). The van der Waals surface area contributed by atoms with E-state index in [0.717, 1.165) is 16.6 Å². The highest BCUT2D eigenvalue weighted by Gasteiger charge is 2.33. The third-order valence-electron chi connectivity index (χ3n) is 5.52. The van der Waals surface area contributed by atoms with Gasteiger partial charge < -0.3 is 14.2 Å². The van der Waals surface area contributed by atoms with Crippen LogP contribution in [0.15, 0.2) is 35.4 Å². The Hall–Kier alpha value is -2.94. The van der Waals surface area contributed by atoms with Crippen LogP contribution < -0.4 is 9.64 Å². The Morgan fingerprint density at radius 1 is 1.23 bits per heavy atom. The zero-order valence-electron chi connectivity index (χ0n) is 17.4. The van der Waals surface area contributed by atoms with Crippen molar-refractivity contribution in [2.24, 2.45) is 5.92 Å². The second kappa shape index (κ2) is 7.39. The van der Waals surface area contributed by atoms with Gasteiger partial charge in [-0.05, 0) is 31.0 Å². The molecule has 1 aliphatic rings. The van der Waals surface area contributed by atoms with E-state index < -0.39 is 9.84 Å². The average Bonchev–Trinajstić information content (AvgIpc) is 3.05. The van der Waals surface area contributed by atoms with Crippen molar-refractivity contribution in [1.29, 1.82) is 0 Å². The van der Waals surface area contributed by atoms with Gasteiger partial charge in [-0.25, -0.2) is 18.4 Å². The molecule has 2 aromatic heterocycles. The number of carbonyl (C=O) groups excluding carboxylic acids is 1. The largest absolute Gasteiger partial charge is 0.425 e. The van der Waals surface area contributed by atoms with E-state index in [1.165, 1.54) is 12.5 Å². The highest BCUT2D eigenvalue weighted by atomic mass is 32.2. The van der Waals surface area contributed by atoms with Gasteiger partial charge in [-0.2, -0.15) is 0 Å². The summed E-state index contributed by atoms with van der Waals surface area (Å²) in [6.45, 7) is 7.79. The fraction of sp³-hybridized carbons (Fsp3) is 0.381. The summed E-state index contributed by atoms with van der Waals surface area (Å²) < 4.78 is 31.1. The van der Waals surface area contributed by atoms with Gasteiger partial charge in [-0.1, -0.05) is 19.9 Å². The number of sulfone groups is 1. The summed E-state index contributed by atoms with van der Waals surface area (Å²) in [6, 6.07) is 7.42. The lowest BCUT2D eigenvalue weighted by atomic mass is 9.97. The molecule has 1 aromatic carbocycles. The molecule has 0 fully saturated rings. The lowest BCUT2D eigenvalue weighted by Gasteiger charge is -2.39. The van der Waals surface area contributed by atoms with E-state index in [2.05, 4.69) is 39.3 Å².